The molecule has 0 aromatic heterocycles. The van der Waals surface area contributed by atoms with E-state index < -0.39 is 23.9 Å². The minimum Gasteiger partial charge on any atom is -0.461 e. The van der Waals surface area contributed by atoms with Crippen LogP contribution in [0.4, 0.5) is 0 Å². The summed E-state index contributed by atoms with van der Waals surface area (Å²) < 4.78 is 16.9. The summed E-state index contributed by atoms with van der Waals surface area (Å²) in [5, 5.41) is 24.0. The van der Waals surface area contributed by atoms with Gasteiger partial charge in [0, 0.05) is 12.5 Å². The molecule has 0 radical (unpaired) electrons. The zero-order valence-electron chi connectivity index (χ0n) is 21.8. The predicted octanol–water partition coefficient (Wildman–Crippen LogP) is 2.97. The Kier molecular flexibility index (Phi) is 11.1. The Bertz CT molecular complexity index is 790. The van der Waals surface area contributed by atoms with Gasteiger partial charge in [-0.25, -0.2) is 0 Å². The van der Waals surface area contributed by atoms with Crippen molar-refractivity contribution in [3.63, 3.8) is 0 Å². The third kappa shape index (κ3) is 8.86. The van der Waals surface area contributed by atoms with Crippen molar-refractivity contribution in [2.45, 2.75) is 115 Å². The molecule has 2 rings (SSSR count). The quantitative estimate of drug-likeness (QED) is 0.244. The molecule has 1 amide bonds. The summed E-state index contributed by atoms with van der Waals surface area (Å²) >= 11 is 0. The molecule has 198 valence electrons. The van der Waals surface area contributed by atoms with E-state index in [4.69, 9.17) is 14.2 Å². The van der Waals surface area contributed by atoms with Crippen LogP contribution in [0.5, 0.6) is 0 Å². The number of ether oxygens (including phenoxy) is 3. The molecule has 9 atom stereocenters. The minimum atomic E-state index is -1.17. The maximum atomic E-state index is 12.2. The molecular weight excluding hydrogens is 450 g/mol. The summed E-state index contributed by atoms with van der Waals surface area (Å²) in [6, 6.07) is -0.102. The van der Waals surface area contributed by atoms with Gasteiger partial charge in [0.1, 0.15) is 18.3 Å². The number of nitrogens with one attached hydrogen (secondary N) is 1. The van der Waals surface area contributed by atoms with Crippen molar-refractivity contribution >= 4 is 12.4 Å². The lowest BCUT2D eigenvalue weighted by atomic mass is 9.85. The minimum absolute atomic E-state index is 0.0276. The second-order valence-corrected chi connectivity index (χ2v) is 10.2. The van der Waals surface area contributed by atoms with Gasteiger partial charge in [-0.05, 0) is 59.0 Å². The van der Waals surface area contributed by atoms with Crippen LogP contribution in [0.2, 0.25) is 0 Å². The summed E-state index contributed by atoms with van der Waals surface area (Å²) in [6.45, 7) is 11.8. The van der Waals surface area contributed by atoms with Crippen LogP contribution < -0.4 is 5.32 Å². The molecular formula is C27H43NO7. The molecule has 2 aliphatic rings. The van der Waals surface area contributed by atoms with Crippen LogP contribution in [0.3, 0.4) is 0 Å². The van der Waals surface area contributed by atoms with E-state index in [1.807, 2.05) is 32.9 Å². The Morgan fingerprint density at radius 3 is 2.66 bits per heavy atom. The fourth-order valence-corrected chi connectivity index (χ4v) is 4.59. The number of carbonyl (C=O) groups is 2. The zero-order valence-corrected chi connectivity index (χ0v) is 21.8. The molecule has 8 nitrogen and oxygen atoms in total. The van der Waals surface area contributed by atoms with E-state index >= 15 is 0 Å². The van der Waals surface area contributed by atoms with E-state index in [2.05, 4.69) is 18.3 Å². The molecule has 2 heterocycles. The van der Waals surface area contributed by atoms with Gasteiger partial charge in [-0.1, -0.05) is 37.6 Å². The topological polar surface area (TPSA) is 114 Å². The Labute approximate surface area is 209 Å². The monoisotopic (exact) mass is 493 g/mol. The number of allylic oxidation sites excluding steroid dienone is 2. The molecule has 0 aliphatic carbocycles. The first-order valence-corrected chi connectivity index (χ1v) is 12.6. The van der Waals surface area contributed by atoms with Gasteiger partial charge in [0.15, 0.2) is 0 Å². The smallest absolute Gasteiger partial charge is 0.293 e. The van der Waals surface area contributed by atoms with Crippen LogP contribution >= 0.6 is 0 Å². The molecule has 8 heteroatoms. The van der Waals surface area contributed by atoms with Crippen molar-refractivity contribution in [2.75, 3.05) is 0 Å². The van der Waals surface area contributed by atoms with Crippen LogP contribution in [0.1, 0.15) is 67.2 Å². The number of aliphatic hydroxyl groups excluding tert-OH is 1. The van der Waals surface area contributed by atoms with Gasteiger partial charge in [0.25, 0.3) is 6.47 Å². The van der Waals surface area contributed by atoms with Crippen molar-refractivity contribution in [2.24, 2.45) is 5.92 Å². The highest BCUT2D eigenvalue weighted by molar-refractivity contribution is 5.87. The zero-order chi connectivity index (χ0) is 26.2. The van der Waals surface area contributed by atoms with Gasteiger partial charge in [-0.2, -0.15) is 0 Å². The summed E-state index contributed by atoms with van der Waals surface area (Å²) in [5.74, 6) is 0.00414. The highest BCUT2D eigenvalue weighted by Gasteiger charge is 2.43. The van der Waals surface area contributed by atoms with E-state index in [0.717, 1.165) is 24.8 Å². The summed E-state index contributed by atoms with van der Waals surface area (Å²) in [4.78, 5) is 22.6. The van der Waals surface area contributed by atoms with Gasteiger partial charge in [0.05, 0.1) is 30.0 Å². The molecule has 0 bridgehead atoms. The number of aliphatic hydroxyl groups is 2. The molecule has 2 aliphatic heterocycles. The van der Waals surface area contributed by atoms with Crippen molar-refractivity contribution in [3.8, 4) is 0 Å². The average Bonchev–Trinajstić information content (AvgIpc) is 2.79. The normalized spacial score (nSPS) is 37.4. The third-order valence-electron chi connectivity index (χ3n) is 6.95. The first-order chi connectivity index (χ1) is 16.5. The van der Waals surface area contributed by atoms with Crippen molar-refractivity contribution in [3.05, 3.63) is 36.0 Å². The second-order valence-electron chi connectivity index (χ2n) is 10.2. The van der Waals surface area contributed by atoms with Gasteiger partial charge in [0.2, 0.25) is 5.91 Å². The molecule has 35 heavy (non-hydrogen) atoms. The lowest BCUT2D eigenvalue weighted by Crippen LogP contribution is -2.54. The van der Waals surface area contributed by atoms with Gasteiger partial charge in [-0.3, -0.25) is 9.59 Å². The van der Waals surface area contributed by atoms with E-state index in [9.17, 15) is 19.8 Å². The van der Waals surface area contributed by atoms with E-state index in [1.165, 1.54) is 12.2 Å². The number of amides is 1. The summed E-state index contributed by atoms with van der Waals surface area (Å²) in [7, 11) is 0. The van der Waals surface area contributed by atoms with Crippen LogP contribution in [0.25, 0.3) is 0 Å². The number of carbonyl (C=O) groups excluding carboxylic acids is 2. The largest absolute Gasteiger partial charge is 0.461 e. The first-order valence-electron chi connectivity index (χ1n) is 12.6. The van der Waals surface area contributed by atoms with Crippen LogP contribution in [0, 0.1) is 5.92 Å². The molecule has 3 N–H and O–H groups in total. The number of hydrogen-bond donors (Lipinski definition) is 3. The Balaban J connectivity index is 1.88. The summed E-state index contributed by atoms with van der Waals surface area (Å²) in [6.07, 6.45) is 9.31. The second kappa shape index (κ2) is 13.3. The first kappa shape index (κ1) is 29.2. The average molecular weight is 494 g/mol. The lowest BCUT2D eigenvalue weighted by molar-refractivity contribution is -0.195. The highest BCUT2D eigenvalue weighted by atomic mass is 16.5. The predicted molar refractivity (Wildman–Crippen MR) is 134 cm³/mol. The molecule has 6 unspecified atom stereocenters. The molecule has 0 spiro atoms. The number of hydrogen-bond acceptors (Lipinski definition) is 7. The molecule has 0 saturated carbocycles. The molecule has 2 saturated heterocycles. The van der Waals surface area contributed by atoms with Gasteiger partial charge >= 0.3 is 0 Å². The van der Waals surface area contributed by atoms with E-state index in [0.29, 0.717) is 12.9 Å². The van der Waals surface area contributed by atoms with Crippen molar-refractivity contribution in [1.82, 2.24) is 5.32 Å². The Hall–Kier alpha value is -2.00. The van der Waals surface area contributed by atoms with Crippen molar-refractivity contribution in [1.29, 1.82) is 0 Å². The van der Waals surface area contributed by atoms with Crippen LogP contribution in [0.15, 0.2) is 36.0 Å². The molecule has 2 fully saturated rings. The number of rotatable bonds is 10. The summed E-state index contributed by atoms with van der Waals surface area (Å²) in [5.41, 5.74) is -0.147. The highest BCUT2D eigenvalue weighted by Crippen LogP contribution is 2.31. The standard InChI is InChI=1S/C27H43NO7/c1-7-21-15-27(6,32)26(31)24(35-21)12-9-17(2)8-11-23-18(3)14-22(20(5)34-23)28-25(30)13-10-19(4)33-16-29/h8-10,12-13,16,18-24,26,31-32H,7,11,14-15H2,1-6H3,(H,28,30)/b12-9+,13-10-,17-8+/t18?,19?,20?,21-,22?,23+,24?,26-,27?/m1/s1. The fraction of sp³-hybridized carbons (Fsp3) is 0.704. The SMILES string of the molecule is CC[C@@H]1CC(C)(O)[C@H](O)C(/C=C/C(C)=C/C[C@@H]2OC(C)C(NC(=O)/C=C\C(C)OC=O)CC2C)O1. The van der Waals surface area contributed by atoms with Crippen molar-refractivity contribution < 1.29 is 34.0 Å². The Morgan fingerprint density at radius 1 is 1.29 bits per heavy atom. The molecule has 0 aromatic carbocycles. The van der Waals surface area contributed by atoms with E-state index in [-0.39, 0.29) is 36.2 Å². The third-order valence-corrected chi connectivity index (χ3v) is 6.95. The maximum absolute atomic E-state index is 12.2. The van der Waals surface area contributed by atoms with Gasteiger partial charge in [-0.15, -0.1) is 0 Å². The van der Waals surface area contributed by atoms with Crippen LogP contribution in [-0.2, 0) is 23.8 Å². The lowest BCUT2D eigenvalue weighted by Gasteiger charge is -2.42. The van der Waals surface area contributed by atoms with Crippen LogP contribution in [-0.4, -0.2) is 70.9 Å². The molecule has 0 aromatic rings. The van der Waals surface area contributed by atoms with E-state index in [1.54, 1.807) is 13.8 Å². The van der Waals surface area contributed by atoms with Gasteiger partial charge < -0.3 is 29.7 Å². The fourth-order valence-electron chi connectivity index (χ4n) is 4.59. The maximum Gasteiger partial charge on any atom is 0.293 e. The Morgan fingerprint density at radius 2 is 2.00 bits per heavy atom.